The van der Waals surface area contributed by atoms with E-state index in [1.54, 1.807) is 6.07 Å². The van der Waals surface area contributed by atoms with Crippen molar-refractivity contribution in [2.45, 2.75) is 30.5 Å². The molecule has 21 heavy (non-hydrogen) atoms. The van der Waals surface area contributed by atoms with E-state index in [1.165, 1.54) is 23.9 Å². The van der Waals surface area contributed by atoms with Gasteiger partial charge in [0.05, 0.1) is 5.56 Å². The lowest BCUT2D eigenvalue weighted by Gasteiger charge is -2.17. The number of nitrogens with two attached hydrogens (primary N) is 1. The maximum Gasteiger partial charge on any atom is 0.416 e. The van der Waals surface area contributed by atoms with E-state index in [4.69, 9.17) is 5.73 Å². The fraction of sp³-hybridized carbons (Fsp3) is 0.600. The zero-order valence-electron chi connectivity index (χ0n) is 12.1. The van der Waals surface area contributed by atoms with Crippen molar-refractivity contribution in [3.63, 3.8) is 0 Å². The Morgan fingerprint density at radius 1 is 1.43 bits per heavy atom. The lowest BCUT2D eigenvalue weighted by atomic mass is 10.0. The standard InChI is InChI=1S/C15H21F3N2S/c1-11(19)12-5-6-20(10-12)7-8-21-14-4-2-3-13(9-14)15(16,17)18/h2-4,9,11-12H,5-8,10,19H2,1H3. The van der Waals surface area contributed by atoms with Gasteiger partial charge >= 0.3 is 6.18 Å². The Labute approximate surface area is 127 Å². The van der Waals surface area contributed by atoms with Gasteiger partial charge in [0.15, 0.2) is 0 Å². The smallest absolute Gasteiger partial charge is 0.328 e. The van der Waals surface area contributed by atoms with Gasteiger partial charge in [0, 0.05) is 29.8 Å². The Balaban J connectivity index is 1.79. The van der Waals surface area contributed by atoms with Gasteiger partial charge in [0.2, 0.25) is 0 Å². The van der Waals surface area contributed by atoms with Crippen LogP contribution in [0.5, 0.6) is 0 Å². The van der Waals surface area contributed by atoms with Crippen LogP contribution in [0.2, 0.25) is 0 Å². The van der Waals surface area contributed by atoms with Crippen molar-refractivity contribution in [1.82, 2.24) is 4.90 Å². The highest BCUT2D eigenvalue weighted by molar-refractivity contribution is 7.99. The third-order valence-corrected chi connectivity index (χ3v) is 4.86. The Morgan fingerprint density at radius 3 is 2.81 bits per heavy atom. The highest BCUT2D eigenvalue weighted by atomic mass is 32.2. The third-order valence-electron chi connectivity index (χ3n) is 3.89. The number of likely N-dealkylation sites (tertiary alicyclic amines) is 1. The Morgan fingerprint density at radius 2 is 2.19 bits per heavy atom. The zero-order chi connectivity index (χ0) is 15.5. The largest absolute Gasteiger partial charge is 0.416 e. The Hall–Kier alpha value is -0.720. The second-order valence-corrected chi connectivity index (χ2v) is 6.75. The molecule has 0 saturated carbocycles. The topological polar surface area (TPSA) is 29.3 Å². The Kier molecular flexibility index (Phi) is 5.57. The molecule has 1 saturated heterocycles. The summed E-state index contributed by atoms with van der Waals surface area (Å²) in [5.74, 6) is 1.34. The van der Waals surface area contributed by atoms with Crippen molar-refractivity contribution in [2.24, 2.45) is 11.7 Å². The van der Waals surface area contributed by atoms with Gasteiger partial charge in [-0.1, -0.05) is 6.07 Å². The summed E-state index contributed by atoms with van der Waals surface area (Å²) in [7, 11) is 0. The number of halogens is 3. The minimum atomic E-state index is -4.27. The number of benzene rings is 1. The molecule has 0 amide bonds. The van der Waals surface area contributed by atoms with Crippen molar-refractivity contribution in [1.29, 1.82) is 0 Å². The van der Waals surface area contributed by atoms with Crippen molar-refractivity contribution in [3.8, 4) is 0 Å². The number of hydrogen-bond donors (Lipinski definition) is 1. The van der Waals surface area contributed by atoms with E-state index < -0.39 is 11.7 Å². The van der Waals surface area contributed by atoms with E-state index in [9.17, 15) is 13.2 Å². The van der Waals surface area contributed by atoms with Crippen molar-refractivity contribution >= 4 is 11.8 Å². The van der Waals surface area contributed by atoms with Gasteiger partial charge in [0.25, 0.3) is 0 Å². The minimum absolute atomic E-state index is 0.214. The van der Waals surface area contributed by atoms with Gasteiger partial charge in [-0.05, 0) is 44.0 Å². The molecule has 0 aliphatic carbocycles. The van der Waals surface area contributed by atoms with Gasteiger partial charge in [0.1, 0.15) is 0 Å². The monoisotopic (exact) mass is 318 g/mol. The van der Waals surface area contributed by atoms with Crippen LogP contribution in [0.1, 0.15) is 18.9 Å². The van der Waals surface area contributed by atoms with E-state index >= 15 is 0 Å². The van der Waals surface area contributed by atoms with Crippen molar-refractivity contribution in [3.05, 3.63) is 29.8 Å². The fourth-order valence-electron chi connectivity index (χ4n) is 2.55. The van der Waals surface area contributed by atoms with Crippen LogP contribution in [0.3, 0.4) is 0 Å². The van der Waals surface area contributed by atoms with Crippen LogP contribution in [-0.4, -0.2) is 36.3 Å². The van der Waals surface area contributed by atoms with Crippen LogP contribution in [0, 0.1) is 5.92 Å². The van der Waals surface area contributed by atoms with E-state index in [2.05, 4.69) is 4.90 Å². The molecule has 1 heterocycles. The molecule has 1 aliphatic rings. The molecule has 1 aliphatic heterocycles. The van der Waals surface area contributed by atoms with Gasteiger partial charge in [-0.3, -0.25) is 0 Å². The van der Waals surface area contributed by atoms with E-state index in [-0.39, 0.29) is 6.04 Å². The molecule has 0 spiro atoms. The summed E-state index contributed by atoms with van der Waals surface area (Å²) in [6.07, 6.45) is -3.15. The minimum Gasteiger partial charge on any atom is -0.328 e. The maximum atomic E-state index is 12.6. The van der Waals surface area contributed by atoms with Gasteiger partial charge in [-0.2, -0.15) is 13.2 Å². The zero-order valence-corrected chi connectivity index (χ0v) is 12.9. The van der Waals surface area contributed by atoms with Crippen molar-refractivity contribution < 1.29 is 13.2 Å². The number of nitrogens with zero attached hydrogens (tertiary/aromatic N) is 1. The lowest BCUT2D eigenvalue weighted by molar-refractivity contribution is -0.137. The highest BCUT2D eigenvalue weighted by Gasteiger charge is 2.30. The molecule has 0 radical (unpaired) electrons. The van der Waals surface area contributed by atoms with Crippen LogP contribution in [0.4, 0.5) is 13.2 Å². The first kappa shape index (κ1) is 16.6. The van der Waals surface area contributed by atoms with Gasteiger partial charge < -0.3 is 10.6 Å². The second-order valence-electron chi connectivity index (χ2n) is 5.58. The molecule has 0 bridgehead atoms. The molecule has 1 aromatic carbocycles. The summed E-state index contributed by atoms with van der Waals surface area (Å²) < 4.78 is 37.9. The molecule has 0 aromatic heterocycles. The molecular formula is C15H21F3N2S. The molecule has 1 aromatic rings. The molecule has 6 heteroatoms. The van der Waals surface area contributed by atoms with E-state index in [0.29, 0.717) is 10.8 Å². The summed E-state index contributed by atoms with van der Waals surface area (Å²) in [5, 5.41) is 0. The first-order valence-corrected chi connectivity index (χ1v) is 8.13. The number of hydrogen-bond acceptors (Lipinski definition) is 3. The number of alkyl halides is 3. The molecule has 2 rings (SSSR count). The average molecular weight is 318 g/mol. The summed E-state index contributed by atoms with van der Waals surface area (Å²) >= 11 is 1.47. The van der Waals surface area contributed by atoms with E-state index in [0.717, 1.165) is 37.9 Å². The number of rotatable bonds is 5. The number of thioether (sulfide) groups is 1. The van der Waals surface area contributed by atoms with Crippen LogP contribution in [-0.2, 0) is 6.18 Å². The maximum absolute atomic E-state index is 12.6. The predicted molar refractivity (Wildman–Crippen MR) is 80.4 cm³/mol. The molecule has 2 atom stereocenters. The first-order chi connectivity index (χ1) is 9.86. The molecule has 118 valence electrons. The molecular weight excluding hydrogens is 297 g/mol. The first-order valence-electron chi connectivity index (χ1n) is 7.14. The quantitative estimate of drug-likeness (QED) is 0.843. The predicted octanol–water partition coefficient (Wildman–Crippen LogP) is 3.47. The third kappa shape index (κ3) is 4.90. The Bertz CT molecular complexity index is 462. The molecule has 1 fully saturated rings. The molecule has 2 nitrogen and oxygen atoms in total. The lowest BCUT2D eigenvalue weighted by Crippen LogP contribution is -2.30. The fourth-order valence-corrected chi connectivity index (χ4v) is 3.52. The van der Waals surface area contributed by atoms with Crippen molar-refractivity contribution in [2.75, 3.05) is 25.4 Å². The molecule has 2 N–H and O–H groups in total. The normalized spacial score (nSPS) is 21.7. The van der Waals surface area contributed by atoms with Crippen LogP contribution >= 0.6 is 11.8 Å². The van der Waals surface area contributed by atoms with Crippen LogP contribution in [0.15, 0.2) is 29.2 Å². The summed E-state index contributed by atoms with van der Waals surface area (Å²) in [4.78, 5) is 3.02. The molecule has 2 unspecified atom stereocenters. The van der Waals surface area contributed by atoms with Crippen LogP contribution in [0.25, 0.3) is 0 Å². The average Bonchev–Trinajstić information content (AvgIpc) is 2.87. The summed E-state index contributed by atoms with van der Waals surface area (Å²) in [6.45, 7) is 4.96. The highest BCUT2D eigenvalue weighted by Crippen LogP contribution is 2.32. The van der Waals surface area contributed by atoms with E-state index in [1.807, 2.05) is 6.92 Å². The van der Waals surface area contributed by atoms with Crippen LogP contribution < -0.4 is 5.73 Å². The summed E-state index contributed by atoms with van der Waals surface area (Å²) in [6, 6.07) is 5.74. The second kappa shape index (κ2) is 7.03. The SMILES string of the molecule is CC(N)C1CCN(CCSc2cccc(C(F)(F)F)c2)C1. The van der Waals surface area contributed by atoms with Gasteiger partial charge in [-0.25, -0.2) is 0 Å². The van der Waals surface area contributed by atoms with Gasteiger partial charge in [-0.15, -0.1) is 11.8 Å². The summed E-state index contributed by atoms with van der Waals surface area (Å²) in [5.41, 5.74) is 5.32.